The Morgan fingerprint density at radius 2 is 2.00 bits per heavy atom. The summed E-state index contributed by atoms with van der Waals surface area (Å²) in [6.07, 6.45) is -3.89. The maximum atomic E-state index is 12.6. The van der Waals surface area contributed by atoms with Gasteiger partial charge in [0.2, 0.25) is 0 Å². The standard InChI is InChI=1S/C13H10BrF3N2O/c1-2-7-19(12(20)13(15,16)17)11(8-18)9-3-5-10(14)6-4-9/h2-6,11H,1,7H2/t11-/m0/s1. The van der Waals surface area contributed by atoms with Crippen LogP contribution in [0.5, 0.6) is 0 Å². The molecule has 0 saturated heterocycles. The average molecular weight is 347 g/mol. The van der Waals surface area contributed by atoms with Gasteiger partial charge in [0.25, 0.3) is 0 Å². The number of halogens is 4. The van der Waals surface area contributed by atoms with E-state index in [9.17, 15) is 18.0 Å². The maximum Gasteiger partial charge on any atom is 0.471 e. The van der Waals surface area contributed by atoms with Gasteiger partial charge in [-0.05, 0) is 17.7 Å². The molecule has 1 amide bonds. The normalized spacial score (nSPS) is 12.3. The predicted octanol–water partition coefficient (Wildman–Crippen LogP) is 3.59. The van der Waals surface area contributed by atoms with E-state index < -0.39 is 18.1 Å². The molecule has 0 unspecified atom stereocenters. The van der Waals surface area contributed by atoms with Crippen molar-refractivity contribution in [3.05, 3.63) is 47.0 Å². The first-order valence-corrected chi connectivity index (χ1v) is 6.24. The highest BCUT2D eigenvalue weighted by atomic mass is 79.9. The largest absolute Gasteiger partial charge is 0.471 e. The minimum Gasteiger partial charge on any atom is -0.311 e. The van der Waals surface area contributed by atoms with Crippen LogP contribution in [0.15, 0.2) is 41.4 Å². The highest BCUT2D eigenvalue weighted by molar-refractivity contribution is 9.10. The highest BCUT2D eigenvalue weighted by Crippen LogP contribution is 2.27. The Balaban J connectivity index is 3.17. The smallest absolute Gasteiger partial charge is 0.311 e. The summed E-state index contributed by atoms with van der Waals surface area (Å²) in [7, 11) is 0. The van der Waals surface area contributed by atoms with Gasteiger partial charge >= 0.3 is 12.1 Å². The Hall–Kier alpha value is -1.81. The first kappa shape index (κ1) is 16.2. The van der Waals surface area contributed by atoms with Crippen LogP contribution in [0.1, 0.15) is 11.6 Å². The molecule has 1 aromatic rings. The molecule has 0 radical (unpaired) electrons. The molecular formula is C13H10BrF3N2O. The molecule has 0 aliphatic carbocycles. The van der Waals surface area contributed by atoms with Crippen molar-refractivity contribution in [3.63, 3.8) is 0 Å². The first-order chi connectivity index (χ1) is 9.31. The maximum absolute atomic E-state index is 12.6. The van der Waals surface area contributed by atoms with Crippen LogP contribution in [-0.2, 0) is 4.79 Å². The van der Waals surface area contributed by atoms with Gasteiger partial charge < -0.3 is 4.90 Å². The third-order valence-corrected chi connectivity index (χ3v) is 2.98. The summed E-state index contributed by atoms with van der Waals surface area (Å²) in [5.74, 6) is -2.06. The average Bonchev–Trinajstić information content (AvgIpc) is 2.38. The number of nitriles is 1. The molecule has 0 aliphatic heterocycles. The van der Waals surface area contributed by atoms with Crippen LogP contribution in [0, 0.1) is 11.3 Å². The minimum atomic E-state index is -5.03. The molecule has 3 nitrogen and oxygen atoms in total. The minimum absolute atomic E-state index is 0.301. The molecule has 1 aromatic carbocycles. The second-order valence-electron chi connectivity index (χ2n) is 3.83. The van der Waals surface area contributed by atoms with E-state index >= 15 is 0 Å². The van der Waals surface area contributed by atoms with Crippen molar-refractivity contribution in [2.75, 3.05) is 6.54 Å². The number of benzene rings is 1. The lowest BCUT2D eigenvalue weighted by Crippen LogP contribution is -2.43. The van der Waals surface area contributed by atoms with Crippen LogP contribution >= 0.6 is 15.9 Å². The Morgan fingerprint density at radius 1 is 1.45 bits per heavy atom. The van der Waals surface area contributed by atoms with Gasteiger partial charge in [-0.1, -0.05) is 34.1 Å². The molecule has 20 heavy (non-hydrogen) atoms. The van der Waals surface area contributed by atoms with Crippen molar-refractivity contribution in [2.24, 2.45) is 0 Å². The number of carbonyl (C=O) groups is 1. The van der Waals surface area contributed by atoms with E-state index in [2.05, 4.69) is 22.5 Å². The van der Waals surface area contributed by atoms with E-state index in [0.29, 0.717) is 10.5 Å². The van der Waals surface area contributed by atoms with Crippen molar-refractivity contribution < 1.29 is 18.0 Å². The molecule has 0 fully saturated rings. The van der Waals surface area contributed by atoms with E-state index in [1.165, 1.54) is 12.1 Å². The molecule has 0 spiro atoms. The zero-order chi connectivity index (χ0) is 15.3. The van der Waals surface area contributed by atoms with Crippen molar-refractivity contribution in [3.8, 4) is 6.07 Å². The van der Waals surface area contributed by atoms with Gasteiger partial charge in [-0.25, -0.2) is 0 Å². The summed E-state index contributed by atoms with van der Waals surface area (Å²) in [5.41, 5.74) is 0.301. The topological polar surface area (TPSA) is 44.1 Å². The molecule has 1 atom stereocenters. The number of carbonyl (C=O) groups excluding carboxylic acids is 1. The quantitative estimate of drug-likeness (QED) is 0.782. The lowest BCUT2D eigenvalue weighted by molar-refractivity contribution is -0.186. The number of amides is 1. The molecule has 0 heterocycles. The fourth-order valence-corrected chi connectivity index (χ4v) is 1.84. The van der Waals surface area contributed by atoms with E-state index in [0.717, 1.165) is 10.5 Å². The molecule has 0 N–H and O–H groups in total. The van der Waals surface area contributed by atoms with Crippen LogP contribution in [0.2, 0.25) is 0 Å². The van der Waals surface area contributed by atoms with Crippen molar-refractivity contribution in [1.82, 2.24) is 4.90 Å². The molecule has 0 aromatic heterocycles. The molecule has 0 bridgehead atoms. The van der Waals surface area contributed by atoms with E-state index in [1.54, 1.807) is 18.2 Å². The summed E-state index contributed by atoms with van der Waals surface area (Å²) in [4.78, 5) is 11.8. The Morgan fingerprint density at radius 3 is 2.40 bits per heavy atom. The van der Waals surface area contributed by atoms with Gasteiger partial charge in [-0.2, -0.15) is 18.4 Å². The summed E-state index contributed by atoms with van der Waals surface area (Å²) in [5, 5.41) is 9.10. The second-order valence-corrected chi connectivity index (χ2v) is 4.74. The van der Waals surface area contributed by atoms with Crippen LogP contribution in [-0.4, -0.2) is 23.5 Å². The number of hydrogen-bond acceptors (Lipinski definition) is 2. The molecule has 1 rings (SSSR count). The summed E-state index contributed by atoms with van der Waals surface area (Å²) < 4.78 is 38.4. The predicted molar refractivity (Wildman–Crippen MR) is 70.5 cm³/mol. The Bertz CT molecular complexity index is 534. The van der Waals surface area contributed by atoms with Gasteiger partial charge in [0.1, 0.15) is 6.04 Å². The summed E-state index contributed by atoms with van der Waals surface area (Å²) >= 11 is 3.19. The molecule has 0 saturated carbocycles. The zero-order valence-corrected chi connectivity index (χ0v) is 11.8. The van der Waals surface area contributed by atoms with E-state index in [1.807, 2.05) is 0 Å². The van der Waals surface area contributed by atoms with Crippen LogP contribution < -0.4 is 0 Å². The molecule has 106 valence electrons. The van der Waals surface area contributed by atoms with Gasteiger partial charge in [-0.15, -0.1) is 6.58 Å². The fourth-order valence-electron chi connectivity index (χ4n) is 1.58. The number of alkyl halides is 3. The Labute approximate surface area is 122 Å². The molecule has 0 aliphatic rings. The third kappa shape index (κ3) is 3.84. The van der Waals surface area contributed by atoms with Crippen LogP contribution in [0.3, 0.4) is 0 Å². The van der Waals surface area contributed by atoms with Crippen molar-refractivity contribution >= 4 is 21.8 Å². The van der Waals surface area contributed by atoms with Crippen molar-refractivity contribution in [1.29, 1.82) is 5.26 Å². The van der Waals surface area contributed by atoms with Gasteiger partial charge in [0, 0.05) is 11.0 Å². The van der Waals surface area contributed by atoms with Gasteiger partial charge in [0.05, 0.1) is 6.07 Å². The zero-order valence-electron chi connectivity index (χ0n) is 10.2. The first-order valence-electron chi connectivity index (χ1n) is 5.45. The van der Waals surface area contributed by atoms with E-state index in [-0.39, 0.29) is 6.54 Å². The molecular weight excluding hydrogens is 337 g/mol. The third-order valence-electron chi connectivity index (χ3n) is 2.45. The monoisotopic (exact) mass is 346 g/mol. The highest BCUT2D eigenvalue weighted by Gasteiger charge is 2.44. The van der Waals surface area contributed by atoms with Crippen molar-refractivity contribution in [2.45, 2.75) is 12.2 Å². The Kier molecular flexibility index (Phi) is 5.34. The second kappa shape index (κ2) is 6.57. The van der Waals surface area contributed by atoms with Crippen LogP contribution in [0.25, 0.3) is 0 Å². The van der Waals surface area contributed by atoms with Gasteiger partial charge in [-0.3, -0.25) is 4.79 Å². The fraction of sp³-hybridized carbons (Fsp3) is 0.231. The van der Waals surface area contributed by atoms with Crippen LogP contribution in [0.4, 0.5) is 13.2 Å². The summed E-state index contributed by atoms with van der Waals surface area (Å²) in [6, 6.07) is 6.54. The number of rotatable bonds is 4. The van der Waals surface area contributed by atoms with Gasteiger partial charge in [0.15, 0.2) is 0 Å². The lowest BCUT2D eigenvalue weighted by atomic mass is 10.1. The lowest BCUT2D eigenvalue weighted by Gasteiger charge is -2.27. The number of hydrogen-bond donors (Lipinski definition) is 0. The number of nitrogens with zero attached hydrogens (tertiary/aromatic N) is 2. The SMILES string of the molecule is C=CCN(C(=O)C(F)(F)F)[C@@H](C#N)c1ccc(Br)cc1. The summed E-state index contributed by atoms with van der Waals surface area (Å²) in [6.45, 7) is 2.94. The molecule has 7 heteroatoms. The van der Waals surface area contributed by atoms with E-state index in [4.69, 9.17) is 5.26 Å².